The number of H-pyrrole nitrogens is 1. The average Bonchev–Trinajstić information content (AvgIpc) is 3.10. The second kappa shape index (κ2) is 12.7. The van der Waals surface area contributed by atoms with E-state index >= 15 is 0 Å². The molecular formula is C25H38N4S. The molecule has 2 aromatic rings. The third-order valence-electron chi connectivity index (χ3n) is 5.40. The molecule has 0 saturated carbocycles. The van der Waals surface area contributed by atoms with Crippen LogP contribution in [0.3, 0.4) is 0 Å². The summed E-state index contributed by atoms with van der Waals surface area (Å²) in [5.74, 6) is 0.838. The summed E-state index contributed by atoms with van der Waals surface area (Å²) in [6, 6.07) is 8.34. The van der Waals surface area contributed by atoms with Gasteiger partial charge in [0.25, 0.3) is 0 Å². The van der Waals surface area contributed by atoms with E-state index < -0.39 is 0 Å². The molecule has 1 aliphatic rings. The fraction of sp³-hybridized carbons (Fsp3) is 0.520. The lowest BCUT2D eigenvalue weighted by atomic mass is 9.96. The van der Waals surface area contributed by atoms with Crippen molar-refractivity contribution >= 4 is 17.8 Å². The molecule has 0 bridgehead atoms. The van der Waals surface area contributed by atoms with Gasteiger partial charge in [-0.25, -0.2) is 0 Å². The normalized spacial score (nSPS) is 15.8. The first-order chi connectivity index (χ1) is 14.5. The monoisotopic (exact) mass is 426 g/mol. The van der Waals surface area contributed by atoms with Crippen LogP contribution in [0.2, 0.25) is 0 Å². The summed E-state index contributed by atoms with van der Waals surface area (Å²) in [4.78, 5) is 0. The number of nitrogens with one attached hydrogen (secondary N) is 1. The average molecular weight is 427 g/mol. The first-order valence-electron chi connectivity index (χ1n) is 11.4. The van der Waals surface area contributed by atoms with Gasteiger partial charge >= 0.3 is 0 Å². The van der Waals surface area contributed by atoms with Crippen molar-refractivity contribution in [3.8, 4) is 5.69 Å². The first kappa shape index (κ1) is 24.3. The van der Waals surface area contributed by atoms with Crippen LogP contribution < -0.4 is 5.73 Å². The number of allylic oxidation sites excluding steroid dienone is 2. The van der Waals surface area contributed by atoms with Gasteiger partial charge in [0.2, 0.25) is 0 Å². The zero-order valence-electron chi connectivity index (χ0n) is 19.1. The Hall–Kier alpha value is -1.98. The number of aryl methyl sites for hydroxylation is 1. The summed E-state index contributed by atoms with van der Waals surface area (Å²) in [7, 11) is 0. The minimum Gasteiger partial charge on any atom is -0.324 e. The van der Waals surface area contributed by atoms with Gasteiger partial charge in [-0.2, -0.15) is 5.10 Å². The van der Waals surface area contributed by atoms with Gasteiger partial charge in [-0.15, -0.1) is 0 Å². The Balaban J connectivity index is 0.000000303. The van der Waals surface area contributed by atoms with Crippen LogP contribution in [-0.2, 0) is 0 Å². The number of rotatable bonds is 8. The molecule has 30 heavy (non-hydrogen) atoms. The lowest BCUT2D eigenvalue weighted by molar-refractivity contribution is 0.602. The maximum Gasteiger partial charge on any atom is 0.200 e. The lowest BCUT2D eigenvalue weighted by Crippen LogP contribution is -2.19. The van der Waals surface area contributed by atoms with Gasteiger partial charge in [0, 0.05) is 17.3 Å². The van der Waals surface area contributed by atoms with Crippen LogP contribution in [0.4, 0.5) is 0 Å². The van der Waals surface area contributed by atoms with Crippen molar-refractivity contribution in [2.75, 3.05) is 0 Å². The molecule has 1 unspecified atom stereocenters. The zero-order valence-corrected chi connectivity index (χ0v) is 19.9. The summed E-state index contributed by atoms with van der Waals surface area (Å²) in [6.45, 7) is 8.65. The van der Waals surface area contributed by atoms with Crippen LogP contribution in [0.15, 0.2) is 42.0 Å². The summed E-state index contributed by atoms with van der Waals surface area (Å²) in [6.07, 6.45) is 15.0. The quantitative estimate of drug-likeness (QED) is 0.351. The summed E-state index contributed by atoms with van der Waals surface area (Å²) in [5.41, 5.74) is 10.4. The van der Waals surface area contributed by atoms with Crippen molar-refractivity contribution < 1.29 is 0 Å². The van der Waals surface area contributed by atoms with Crippen molar-refractivity contribution in [3.63, 3.8) is 0 Å². The highest BCUT2D eigenvalue weighted by molar-refractivity contribution is 7.71. The Bertz CT molecular complexity index is 881. The van der Waals surface area contributed by atoms with E-state index in [9.17, 15) is 0 Å². The van der Waals surface area contributed by atoms with E-state index in [1.54, 1.807) is 0 Å². The number of hydrogen-bond donors (Lipinski definition) is 2. The van der Waals surface area contributed by atoms with E-state index in [4.69, 9.17) is 18.0 Å². The van der Waals surface area contributed by atoms with E-state index in [1.807, 2.05) is 4.57 Å². The van der Waals surface area contributed by atoms with E-state index in [2.05, 4.69) is 74.3 Å². The number of aromatic amines is 1. The van der Waals surface area contributed by atoms with E-state index in [1.165, 1.54) is 50.5 Å². The smallest absolute Gasteiger partial charge is 0.200 e. The molecule has 1 aromatic carbocycles. The highest BCUT2D eigenvalue weighted by atomic mass is 32.1. The second-order valence-corrected chi connectivity index (χ2v) is 8.54. The van der Waals surface area contributed by atoms with Gasteiger partial charge in [0.05, 0.1) is 0 Å². The molecule has 1 aromatic heterocycles. The largest absolute Gasteiger partial charge is 0.324 e. The molecule has 1 heterocycles. The summed E-state index contributed by atoms with van der Waals surface area (Å²) in [5, 5.41) is 7.31. The minimum absolute atomic E-state index is 0.0866. The lowest BCUT2D eigenvalue weighted by Gasteiger charge is -2.17. The van der Waals surface area contributed by atoms with Gasteiger partial charge in [-0.05, 0) is 50.2 Å². The molecule has 4 nitrogen and oxygen atoms in total. The minimum atomic E-state index is 0.0866. The Kier molecular flexibility index (Phi) is 10.2. The number of unbranched alkanes of at least 4 members (excludes halogenated alkanes) is 6. The predicted molar refractivity (Wildman–Crippen MR) is 131 cm³/mol. The molecule has 1 atom stereocenters. The molecule has 5 heteroatoms. The predicted octanol–water partition coefficient (Wildman–Crippen LogP) is 7.06. The van der Waals surface area contributed by atoms with Gasteiger partial charge < -0.3 is 5.73 Å². The maximum absolute atomic E-state index is 5.96. The third kappa shape index (κ3) is 7.06. The molecule has 0 fully saturated rings. The number of hydrogen-bond acceptors (Lipinski definition) is 3. The van der Waals surface area contributed by atoms with E-state index in [0.717, 1.165) is 29.1 Å². The zero-order chi connectivity index (χ0) is 21.9. The highest BCUT2D eigenvalue weighted by Gasteiger charge is 2.18. The Labute approximate surface area is 187 Å². The fourth-order valence-electron chi connectivity index (χ4n) is 3.60. The van der Waals surface area contributed by atoms with E-state index in [0.29, 0.717) is 4.77 Å². The van der Waals surface area contributed by atoms with E-state index in [-0.39, 0.29) is 6.04 Å². The maximum atomic E-state index is 5.96. The second-order valence-electron chi connectivity index (χ2n) is 8.16. The van der Waals surface area contributed by atoms with Crippen molar-refractivity contribution in [2.24, 2.45) is 5.73 Å². The van der Waals surface area contributed by atoms with Crippen molar-refractivity contribution in [2.45, 2.75) is 85.1 Å². The van der Waals surface area contributed by atoms with Crippen LogP contribution in [-0.4, -0.2) is 20.8 Å². The van der Waals surface area contributed by atoms with Crippen LogP contribution in [0.5, 0.6) is 0 Å². The molecule has 0 spiro atoms. The summed E-state index contributed by atoms with van der Waals surface area (Å²) < 4.78 is 2.56. The highest BCUT2D eigenvalue weighted by Crippen LogP contribution is 2.28. The molecule has 0 amide bonds. The molecule has 164 valence electrons. The van der Waals surface area contributed by atoms with Crippen LogP contribution in [0.25, 0.3) is 11.3 Å². The molecule has 3 rings (SSSR count). The Morgan fingerprint density at radius 3 is 2.20 bits per heavy atom. The van der Waals surface area contributed by atoms with Crippen LogP contribution >= 0.6 is 12.2 Å². The van der Waals surface area contributed by atoms with Gasteiger partial charge in [0.1, 0.15) is 0 Å². The molecule has 0 saturated heterocycles. The SMILES string of the molecule is CC1=CC(N)CC=C1c1n[nH]c(=S)n1-c1ccc(C)cc1.CCCCCCCCC. The van der Waals surface area contributed by atoms with Gasteiger partial charge in [0.15, 0.2) is 10.6 Å². The third-order valence-corrected chi connectivity index (χ3v) is 5.67. The number of nitrogens with zero attached hydrogens (tertiary/aromatic N) is 2. The Morgan fingerprint density at radius 2 is 1.63 bits per heavy atom. The topological polar surface area (TPSA) is 59.6 Å². The standard InChI is InChI=1S/C16H18N4S.C9H20/c1-10-3-6-13(7-4-10)20-15(18-19-16(20)21)14-8-5-12(17)9-11(14)2;1-3-5-7-9-8-6-4-2/h3-4,6-9,12H,5,17H2,1-2H3,(H,19,21);3-9H2,1-2H3. The number of aromatic nitrogens is 3. The van der Waals surface area contributed by atoms with Gasteiger partial charge in [-0.1, -0.05) is 88.6 Å². The summed E-state index contributed by atoms with van der Waals surface area (Å²) >= 11 is 5.39. The molecular weight excluding hydrogens is 388 g/mol. The van der Waals surface area contributed by atoms with Crippen molar-refractivity contribution in [3.05, 3.63) is 58.1 Å². The van der Waals surface area contributed by atoms with Crippen LogP contribution in [0, 0.1) is 11.7 Å². The number of nitrogens with two attached hydrogens (primary N) is 1. The number of benzene rings is 1. The Morgan fingerprint density at radius 1 is 1.03 bits per heavy atom. The van der Waals surface area contributed by atoms with Crippen molar-refractivity contribution in [1.29, 1.82) is 0 Å². The molecule has 1 aliphatic carbocycles. The van der Waals surface area contributed by atoms with Gasteiger partial charge in [-0.3, -0.25) is 9.67 Å². The molecule has 0 radical (unpaired) electrons. The van der Waals surface area contributed by atoms with Crippen LogP contribution in [0.1, 0.15) is 83.5 Å². The first-order valence-corrected chi connectivity index (χ1v) is 11.8. The fourth-order valence-corrected chi connectivity index (χ4v) is 3.84. The van der Waals surface area contributed by atoms with Crippen molar-refractivity contribution in [1.82, 2.24) is 14.8 Å². The molecule has 3 N–H and O–H groups in total. The molecule has 0 aliphatic heterocycles.